The summed E-state index contributed by atoms with van der Waals surface area (Å²) in [5, 5.41) is 0. The van der Waals surface area contributed by atoms with Gasteiger partial charge < -0.3 is 4.74 Å². The molecule has 1 aliphatic rings. The molecule has 0 N–H and O–H groups in total. The minimum absolute atomic E-state index is 0.0595. The predicted octanol–water partition coefficient (Wildman–Crippen LogP) is 2.21. The average Bonchev–Trinajstić information content (AvgIpc) is 3.09. The molecule has 0 bridgehead atoms. The summed E-state index contributed by atoms with van der Waals surface area (Å²) in [7, 11) is 0. The maximum absolute atomic E-state index is 13.4. The van der Waals surface area contributed by atoms with Crippen molar-refractivity contribution in [1.82, 2.24) is 0 Å². The van der Waals surface area contributed by atoms with E-state index in [0.717, 1.165) is 0 Å². The number of halogens is 1. The van der Waals surface area contributed by atoms with E-state index in [4.69, 9.17) is 4.74 Å². The second kappa shape index (κ2) is 4.65. The summed E-state index contributed by atoms with van der Waals surface area (Å²) in [4.78, 5) is 23.3. The lowest BCUT2D eigenvalue weighted by atomic mass is 10.1. The highest BCUT2D eigenvalue weighted by molar-refractivity contribution is 6.03. The van der Waals surface area contributed by atoms with E-state index < -0.39 is 11.7 Å². The van der Waals surface area contributed by atoms with E-state index in [0.29, 0.717) is 13.0 Å². The van der Waals surface area contributed by atoms with Crippen LogP contribution in [-0.2, 0) is 9.53 Å². The maximum Gasteiger partial charge on any atom is 0.309 e. The molecule has 0 heterocycles. The number of Topliss-reactive ketones (excluding diaryl/α,β-unsaturated/α-hetero) is 1. The molecule has 2 atom stereocenters. The quantitative estimate of drug-likeness (QED) is 0.594. The first-order chi connectivity index (χ1) is 8.15. The van der Waals surface area contributed by atoms with Crippen molar-refractivity contribution in [3.8, 4) is 0 Å². The van der Waals surface area contributed by atoms with Gasteiger partial charge in [0.25, 0.3) is 0 Å². The molecule has 0 aromatic heterocycles. The molecule has 1 aromatic carbocycles. The molecule has 2 unspecified atom stereocenters. The lowest BCUT2D eigenvalue weighted by Crippen LogP contribution is -2.12. The first kappa shape index (κ1) is 11.8. The van der Waals surface area contributed by atoms with Crippen LogP contribution in [0.15, 0.2) is 24.3 Å². The van der Waals surface area contributed by atoms with Gasteiger partial charge in [-0.3, -0.25) is 9.59 Å². The van der Waals surface area contributed by atoms with Crippen LogP contribution in [0.1, 0.15) is 23.7 Å². The second-order valence-electron chi connectivity index (χ2n) is 4.04. The topological polar surface area (TPSA) is 43.4 Å². The summed E-state index contributed by atoms with van der Waals surface area (Å²) >= 11 is 0. The highest BCUT2D eigenvalue weighted by Crippen LogP contribution is 2.42. The largest absolute Gasteiger partial charge is 0.466 e. The monoisotopic (exact) mass is 236 g/mol. The third-order valence-electron chi connectivity index (χ3n) is 2.86. The Bertz CT molecular complexity index is 456. The molecule has 17 heavy (non-hydrogen) atoms. The Kier molecular flexibility index (Phi) is 3.22. The molecule has 0 spiro atoms. The van der Waals surface area contributed by atoms with Crippen molar-refractivity contribution in [2.45, 2.75) is 13.3 Å². The number of hydrogen-bond donors (Lipinski definition) is 0. The zero-order valence-electron chi connectivity index (χ0n) is 9.48. The van der Waals surface area contributed by atoms with E-state index >= 15 is 0 Å². The smallest absolute Gasteiger partial charge is 0.309 e. The van der Waals surface area contributed by atoms with Crippen molar-refractivity contribution in [1.29, 1.82) is 0 Å². The van der Waals surface area contributed by atoms with Crippen LogP contribution in [-0.4, -0.2) is 18.4 Å². The van der Waals surface area contributed by atoms with Gasteiger partial charge >= 0.3 is 5.97 Å². The Morgan fingerprint density at radius 3 is 2.71 bits per heavy atom. The van der Waals surface area contributed by atoms with Crippen LogP contribution in [0.4, 0.5) is 4.39 Å². The van der Waals surface area contributed by atoms with Gasteiger partial charge in [-0.1, -0.05) is 12.1 Å². The number of carbonyl (C=O) groups is 2. The number of ketones is 1. The predicted molar refractivity (Wildman–Crippen MR) is 59.0 cm³/mol. The molecule has 2 rings (SSSR count). The Balaban J connectivity index is 2.05. The zero-order chi connectivity index (χ0) is 12.4. The van der Waals surface area contributed by atoms with E-state index in [1.807, 2.05) is 0 Å². The average molecular weight is 236 g/mol. The van der Waals surface area contributed by atoms with E-state index in [1.54, 1.807) is 13.0 Å². The van der Waals surface area contributed by atoms with Crippen molar-refractivity contribution >= 4 is 11.8 Å². The molecular weight excluding hydrogens is 223 g/mol. The molecular formula is C13H13FO3. The van der Waals surface area contributed by atoms with Gasteiger partial charge in [0.05, 0.1) is 18.1 Å². The van der Waals surface area contributed by atoms with Crippen molar-refractivity contribution in [3.63, 3.8) is 0 Å². The Hall–Kier alpha value is -1.71. The van der Waals surface area contributed by atoms with Crippen LogP contribution in [0.25, 0.3) is 0 Å². The normalized spacial score (nSPS) is 22.0. The lowest BCUT2D eigenvalue weighted by molar-refractivity contribution is -0.144. The molecule has 0 saturated heterocycles. The number of carbonyl (C=O) groups excluding carboxylic acids is 2. The number of ether oxygens (including phenoxy) is 1. The fraction of sp³-hybridized carbons (Fsp3) is 0.385. The van der Waals surface area contributed by atoms with E-state index in [-0.39, 0.29) is 23.2 Å². The van der Waals surface area contributed by atoms with Crippen molar-refractivity contribution in [2.75, 3.05) is 6.61 Å². The van der Waals surface area contributed by atoms with Gasteiger partial charge in [0.15, 0.2) is 5.78 Å². The van der Waals surface area contributed by atoms with Crippen LogP contribution in [0, 0.1) is 17.7 Å². The van der Waals surface area contributed by atoms with Crippen LogP contribution in [0.5, 0.6) is 0 Å². The van der Waals surface area contributed by atoms with Gasteiger partial charge in [0.1, 0.15) is 5.82 Å². The van der Waals surface area contributed by atoms with Crippen molar-refractivity contribution < 1.29 is 18.7 Å². The SMILES string of the molecule is CCOC(=O)C1CC1C(=O)c1ccccc1F. The van der Waals surface area contributed by atoms with Crippen LogP contribution >= 0.6 is 0 Å². The lowest BCUT2D eigenvalue weighted by Gasteiger charge is -2.02. The zero-order valence-corrected chi connectivity index (χ0v) is 9.48. The number of hydrogen-bond acceptors (Lipinski definition) is 3. The van der Waals surface area contributed by atoms with Crippen LogP contribution in [0.3, 0.4) is 0 Å². The summed E-state index contributed by atoms with van der Waals surface area (Å²) in [5.41, 5.74) is 0.0595. The molecule has 90 valence electrons. The van der Waals surface area contributed by atoms with E-state index in [1.165, 1.54) is 18.2 Å². The molecule has 1 fully saturated rings. The van der Waals surface area contributed by atoms with Gasteiger partial charge in [0.2, 0.25) is 0 Å². The van der Waals surface area contributed by atoms with Gasteiger partial charge in [-0.05, 0) is 25.5 Å². The van der Waals surface area contributed by atoms with Crippen LogP contribution < -0.4 is 0 Å². The summed E-state index contributed by atoms with van der Waals surface area (Å²) in [6.07, 6.45) is 0.464. The summed E-state index contributed by atoms with van der Waals surface area (Å²) in [6, 6.07) is 5.83. The van der Waals surface area contributed by atoms with E-state index in [9.17, 15) is 14.0 Å². The minimum Gasteiger partial charge on any atom is -0.466 e. The fourth-order valence-electron chi connectivity index (χ4n) is 1.86. The molecule has 4 heteroatoms. The molecule has 1 aromatic rings. The number of benzene rings is 1. The fourth-order valence-corrected chi connectivity index (χ4v) is 1.86. The molecule has 1 saturated carbocycles. The summed E-state index contributed by atoms with van der Waals surface area (Å²) in [6.45, 7) is 2.02. The maximum atomic E-state index is 13.4. The van der Waals surface area contributed by atoms with Crippen LogP contribution in [0.2, 0.25) is 0 Å². The number of esters is 1. The molecule has 1 aliphatic carbocycles. The Labute approximate surface area is 98.6 Å². The minimum atomic E-state index is -0.535. The van der Waals surface area contributed by atoms with Gasteiger partial charge in [-0.2, -0.15) is 0 Å². The molecule has 3 nitrogen and oxygen atoms in total. The standard InChI is InChI=1S/C13H13FO3/c1-2-17-13(16)10-7-9(10)12(15)8-5-3-4-6-11(8)14/h3-6,9-10H,2,7H2,1H3. The molecule has 0 aliphatic heterocycles. The van der Waals surface area contributed by atoms with E-state index in [2.05, 4.69) is 0 Å². The highest BCUT2D eigenvalue weighted by atomic mass is 19.1. The third kappa shape index (κ3) is 2.35. The van der Waals surface area contributed by atoms with Crippen molar-refractivity contribution in [2.24, 2.45) is 11.8 Å². The van der Waals surface area contributed by atoms with Gasteiger partial charge in [0, 0.05) is 5.92 Å². The third-order valence-corrected chi connectivity index (χ3v) is 2.86. The second-order valence-corrected chi connectivity index (χ2v) is 4.04. The Morgan fingerprint density at radius 1 is 1.35 bits per heavy atom. The first-order valence-corrected chi connectivity index (χ1v) is 5.60. The summed E-state index contributed by atoms with van der Waals surface area (Å²) < 4.78 is 18.2. The van der Waals surface area contributed by atoms with Crippen molar-refractivity contribution in [3.05, 3.63) is 35.6 Å². The van der Waals surface area contributed by atoms with Gasteiger partial charge in [-0.15, -0.1) is 0 Å². The highest BCUT2D eigenvalue weighted by Gasteiger charge is 2.49. The first-order valence-electron chi connectivity index (χ1n) is 5.60. The molecule has 0 radical (unpaired) electrons. The Morgan fingerprint density at radius 2 is 2.06 bits per heavy atom. The molecule has 0 amide bonds. The van der Waals surface area contributed by atoms with Gasteiger partial charge in [-0.25, -0.2) is 4.39 Å². The number of rotatable bonds is 4. The summed E-state index contributed by atoms with van der Waals surface area (Å²) in [5.74, 6) is -2.00.